The molecule has 0 saturated carbocycles. The standard InChI is InChI=1S/C22H17FN4/c1-2-17-7-8-25-22-21(17)18(13-27-22)9-15-3-5-20(26-12-15)6-4-16-10-19(23)14-24-11-16/h1,3,5,7-8,10-14H,4,6,9H2,(H,25,27). The lowest BCUT2D eigenvalue weighted by atomic mass is 10.0. The summed E-state index contributed by atoms with van der Waals surface area (Å²) < 4.78 is 13.2. The highest BCUT2D eigenvalue weighted by atomic mass is 19.1. The molecule has 1 N–H and O–H groups in total. The molecule has 0 unspecified atom stereocenters. The van der Waals surface area contributed by atoms with Crippen LogP contribution >= 0.6 is 0 Å². The second-order valence-corrected chi connectivity index (χ2v) is 6.39. The topological polar surface area (TPSA) is 54.5 Å². The van der Waals surface area contributed by atoms with Gasteiger partial charge in [0.1, 0.15) is 11.5 Å². The molecule has 4 aromatic heterocycles. The second kappa shape index (κ2) is 7.38. The molecule has 0 amide bonds. The molecule has 0 fully saturated rings. The molecule has 0 aliphatic carbocycles. The molecule has 4 aromatic rings. The summed E-state index contributed by atoms with van der Waals surface area (Å²) in [4.78, 5) is 15.9. The lowest BCUT2D eigenvalue weighted by molar-refractivity contribution is 0.618. The van der Waals surface area contributed by atoms with Crippen LogP contribution in [0.1, 0.15) is 27.9 Å². The highest BCUT2D eigenvalue weighted by molar-refractivity contribution is 5.86. The summed E-state index contributed by atoms with van der Waals surface area (Å²) in [7, 11) is 0. The Kier molecular flexibility index (Phi) is 4.63. The van der Waals surface area contributed by atoms with Crippen molar-refractivity contribution in [2.45, 2.75) is 19.3 Å². The molecule has 0 saturated heterocycles. The van der Waals surface area contributed by atoms with Crippen molar-refractivity contribution in [3.63, 3.8) is 0 Å². The first kappa shape index (κ1) is 16.9. The summed E-state index contributed by atoms with van der Waals surface area (Å²) in [5, 5.41) is 0.989. The van der Waals surface area contributed by atoms with Crippen molar-refractivity contribution < 1.29 is 4.39 Å². The van der Waals surface area contributed by atoms with Crippen LogP contribution in [0, 0.1) is 18.2 Å². The number of aromatic amines is 1. The first-order valence-electron chi connectivity index (χ1n) is 8.68. The van der Waals surface area contributed by atoms with Gasteiger partial charge in [-0.25, -0.2) is 9.37 Å². The van der Waals surface area contributed by atoms with Crippen LogP contribution in [-0.4, -0.2) is 19.9 Å². The number of H-pyrrole nitrogens is 1. The highest BCUT2D eigenvalue weighted by Gasteiger charge is 2.09. The number of rotatable bonds is 5. The van der Waals surface area contributed by atoms with Gasteiger partial charge in [-0.05, 0) is 47.7 Å². The van der Waals surface area contributed by atoms with Crippen molar-refractivity contribution in [1.82, 2.24) is 19.9 Å². The Morgan fingerprint density at radius 2 is 1.96 bits per heavy atom. The quantitative estimate of drug-likeness (QED) is 0.553. The fourth-order valence-corrected chi connectivity index (χ4v) is 3.18. The van der Waals surface area contributed by atoms with E-state index in [-0.39, 0.29) is 5.82 Å². The van der Waals surface area contributed by atoms with Gasteiger partial charge in [0.05, 0.1) is 6.20 Å². The fourth-order valence-electron chi connectivity index (χ4n) is 3.18. The smallest absolute Gasteiger partial charge is 0.141 e. The number of fused-ring (bicyclic) bond motifs is 1. The zero-order valence-electron chi connectivity index (χ0n) is 14.6. The number of halogens is 1. The maximum Gasteiger partial charge on any atom is 0.141 e. The van der Waals surface area contributed by atoms with Gasteiger partial charge < -0.3 is 4.98 Å². The van der Waals surface area contributed by atoms with E-state index in [0.717, 1.165) is 51.8 Å². The third-order valence-electron chi connectivity index (χ3n) is 4.52. The molecule has 132 valence electrons. The van der Waals surface area contributed by atoms with Crippen LogP contribution in [-0.2, 0) is 19.3 Å². The molecule has 0 bridgehead atoms. The zero-order chi connectivity index (χ0) is 18.6. The number of hydrogen-bond donors (Lipinski definition) is 1. The largest absolute Gasteiger partial charge is 0.346 e. The Labute approximate surface area is 156 Å². The average Bonchev–Trinajstić information content (AvgIpc) is 3.10. The lowest BCUT2D eigenvalue weighted by Gasteiger charge is -2.05. The number of pyridine rings is 3. The lowest BCUT2D eigenvalue weighted by Crippen LogP contribution is -1.97. The molecule has 4 heterocycles. The molecule has 0 aliphatic heterocycles. The summed E-state index contributed by atoms with van der Waals surface area (Å²) in [5.41, 5.74) is 5.67. The third-order valence-corrected chi connectivity index (χ3v) is 4.52. The van der Waals surface area contributed by atoms with Crippen LogP contribution in [0.5, 0.6) is 0 Å². The van der Waals surface area contributed by atoms with E-state index >= 15 is 0 Å². The predicted octanol–water partition coefficient (Wildman–Crippen LogP) is 3.85. The van der Waals surface area contributed by atoms with E-state index in [1.54, 1.807) is 12.4 Å². The van der Waals surface area contributed by atoms with Gasteiger partial charge in [0.15, 0.2) is 0 Å². The van der Waals surface area contributed by atoms with Gasteiger partial charge in [0.25, 0.3) is 0 Å². The van der Waals surface area contributed by atoms with Gasteiger partial charge in [0, 0.05) is 47.9 Å². The van der Waals surface area contributed by atoms with E-state index in [1.807, 2.05) is 24.5 Å². The number of aryl methyl sites for hydroxylation is 2. The summed E-state index contributed by atoms with van der Waals surface area (Å²) >= 11 is 0. The Balaban J connectivity index is 1.48. The number of nitrogens with zero attached hydrogens (tertiary/aromatic N) is 3. The van der Waals surface area contributed by atoms with Crippen molar-refractivity contribution in [2.75, 3.05) is 0 Å². The average molecular weight is 356 g/mol. The Morgan fingerprint density at radius 3 is 2.74 bits per heavy atom. The van der Waals surface area contributed by atoms with Crippen LogP contribution in [0.4, 0.5) is 4.39 Å². The minimum atomic E-state index is -0.310. The van der Waals surface area contributed by atoms with Crippen LogP contribution in [0.15, 0.2) is 55.2 Å². The SMILES string of the molecule is C#Cc1ccnc2[nH]cc(Cc3ccc(CCc4cncc(F)c4)nc3)c12. The van der Waals surface area contributed by atoms with Gasteiger partial charge in [-0.2, -0.15) is 0 Å². The number of nitrogens with one attached hydrogen (secondary N) is 1. The highest BCUT2D eigenvalue weighted by Crippen LogP contribution is 2.23. The monoisotopic (exact) mass is 356 g/mol. The minimum absolute atomic E-state index is 0.310. The molecule has 27 heavy (non-hydrogen) atoms. The van der Waals surface area contributed by atoms with E-state index in [4.69, 9.17) is 6.42 Å². The van der Waals surface area contributed by atoms with Crippen molar-refractivity contribution in [3.05, 3.63) is 89.0 Å². The molecule has 0 radical (unpaired) electrons. The van der Waals surface area contributed by atoms with Crippen molar-refractivity contribution in [1.29, 1.82) is 0 Å². The van der Waals surface area contributed by atoms with Gasteiger partial charge >= 0.3 is 0 Å². The second-order valence-electron chi connectivity index (χ2n) is 6.39. The molecule has 5 heteroatoms. The van der Waals surface area contributed by atoms with Gasteiger partial charge in [-0.3, -0.25) is 9.97 Å². The van der Waals surface area contributed by atoms with E-state index in [0.29, 0.717) is 6.42 Å². The van der Waals surface area contributed by atoms with Gasteiger partial charge in [-0.15, -0.1) is 6.42 Å². The van der Waals surface area contributed by atoms with Crippen LogP contribution < -0.4 is 0 Å². The molecule has 4 nitrogen and oxygen atoms in total. The fraction of sp³-hybridized carbons (Fsp3) is 0.136. The Hall–Kier alpha value is -3.52. The third kappa shape index (κ3) is 3.70. The molecular weight excluding hydrogens is 339 g/mol. The van der Waals surface area contributed by atoms with E-state index in [2.05, 4.69) is 31.9 Å². The van der Waals surface area contributed by atoms with Crippen molar-refractivity contribution in [3.8, 4) is 12.3 Å². The first-order chi connectivity index (χ1) is 13.2. The summed E-state index contributed by atoms with van der Waals surface area (Å²) in [6.07, 6.45) is 16.2. The molecule has 4 rings (SSSR count). The summed E-state index contributed by atoms with van der Waals surface area (Å²) in [6.45, 7) is 0. The number of aromatic nitrogens is 4. The predicted molar refractivity (Wildman–Crippen MR) is 103 cm³/mol. The molecule has 0 atom stereocenters. The van der Waals surface area contributed by atoms with Crippen LogP contribution in [0.2, 0.25) is 0 Å². The minimum Gasteiger partial charge on any atom is -0.346 e. The first-order valence-corrected chi connectivity index (χ1v) is 8.68. The molecule has 0 aliphatic rings. The molecule has 0 spiro atoms. The maximum atomic E-state index is 13.2. The van der Waals surface area contributed by atoms with Crippen LogP contribution in [0.25, 0.3) is 11.0 Å². The molecule has 0 aromatic carbocycles. The number of terminal acetylenes is 1. The zero-order valence-corrected chi connectivity index (χ0v) is 14.6. The van der Waals surface area contributed by atoms with Crippen molar-refractivity contribution in [2.24, 2.45) is 0 Å². The maximum absolute atomic E-state index is 13.2. The summed E-state index contributed by atoms with van der Waals surface area (Å²) in [6, 6.07) is 7.44. The van der Waals surface area contributed by atoms with Gasteiger partial charge in [0.2, 0.25) is 0 Å². The molecular formula is C22H17FN4. The van der Waals surface area contributed by atoms with E-state index < -0.39 is 0 Å². The van der Waals surface area contributed by atoms with Crippen molar-refractivity contribution >= 4 is 11.0 Å². The Morgan fingerprint density at radius 1 is 1.04 bits per heavy atom. The van der Waals surface area contributed by atoms with E-state index in [1.165, 1.54) is 12.3 Å². The number of hydrogen-bond acceptors (Lipinski definition) is 3. The summed E-state index contributed by atoms with van der Waals surface area (Å²) in [5.74, 6) is 2.41. The van der Waals surface area contributed by atoms with E-state index in [9.17, 15) is 4.39 Å². The van der Waals surface area contributed by atoms with Crippen LogP contribution in [0.3, 0.4) is 0 Å². The van der Waals surface area contributed by atoms with Gasteiger partial charge in [-0.1, -0.05) is 12.0 Å². The Bertz CT molecular complexity index is 1120. The normalized spacial score (nSPS) is 10.8.